The van der Waals surface area contributed by atoms with Gasteiger partial charge in [0.15, 0.2) is 5.82 Å². The molecule has 2 N–H and O–H groups in total. The van der Waals surface area contributed by atoms with Crippen molar-refractivity contribution >= 4 is 35.0 Å². The van der Waals surface area contributed by atoms with Gasteiger partial charge in [0.1, 0.15) is 11.1 Å². The van der Waals surface area contributed by atoms with Gasteiger partial charge in [-0.05, 0) is 36.2 Å². The van der Waals surface area contributed by atoms with Crippen LogP contribution < -0.4 is 10.7 Å². The lowest BCUT2D eigenvalue weighted by molar-refractivity contribution is -0.116. The van der Waals surface area contributed by atoms with E-state index in [1.165, 1.54) is 23.9 Å². The third-order valence-electron chi connectivity index (χ3n) is 4.60. The number of benzene rings is 2. The van der Waals surface area contributed by atoms with Crippen molar-refractivity contribution in [2.45, 2.75) is 36.2 Å². The van der Waals surface area contributed by atoms with E-state index >= 15 is 0 Å². The number of aryl methyl sites for hydroxylation is 1. The highest BCUT2D eigenvalue weighted by Crippen LogP contribution is 2.38. The molecule has 0 fully saturated rings. The van der Waals surface area contributed by atoms with Crippen molar-refractivity contribution in [3.05, 3.63) is 70.8 Å². The van der Waals surface area contributed by atoms with E-state index in [0.717, 1.165) is 24.2 Å². The van der Waals surface area contributed by atoms with Crippen molar-refractivity contribution in [1.82, 2.24) is 14.9 Å². The number of para-hydroxylation sites is 1. The van der Waals surface area contributed by atoms with Gasteiger partial charge in [0.25, 0.3) is 0 Å². The molecule has 0 saturated carbocycles. The summed E-state index contributed by atoms with van der Waals surface area (Å²) < 4.78 is 15.3. The molecule has 9 heteroatoms. The monoisotopic (exact) mass is 431 g/mol. The first-order valence-electron chi connectivity index (χ1n) is 9.25. The van der Waals surface area contributed by atoms with Crippen LogP contribution >= 0.6 is 23.4 Å². The molecule has 2 aromatic carbocycles. The molecule has 0 bridgehead atoms. The second kappa shape index (κ2) is 8.42. The molecule has 2 atom stereocenters. The van der Waals surface area contributed by atoms with E-state index in [4.69, 9.17) is 11.6 Å². The normalized spacial score (nSPS) is 18.0. The Morgan fingerprint density at radius 2 is 2.00 bits per heavy atom. The Morgan fingerprint density at radius 3 is 2.72 bits per heavy atom. The van der Waals surface area contributed by atoms with E-state index in [1.807, 2.05) is 4.68 Å². The van der Waals surface area contributed by atoms with Gasteiger partial charge in [-0.3, -0.25) is 4.79 Å². The maximum absolute atomic E-state index is 13.5. The summed E-state index contributed by atoms with van der Waals surface area (Å²) in [5.74, 6) is 0.245. The molecule has 1 amide bonds. The summed E-state index contributed by atoms with van der Waals surface area (Å²) in [6, 6.07) is 12.8. The van der Waals surface area contributed by atoms with Crippen LogP contribution in [0.25, 0.3) is 0 Å². The second-order valence-corrected chi connectivity index (χ2v) is 8.17. The number of thioether (sulfide) groups is 1. The highest BCUT2D eigenvalue weighted by molar-refractivity contribution is 8.00. The number of fused-ring (bicyclic) bond motifs is 1. The molecule has 6 nitrogen and oxygen atoms in total. The summed E-state index contributed by atoms with van der Waals surface area (Å²) in [5, 5.41) is 11.9. The van der Waals surface area contributed by atoms with Crippen LogP contribution in [0.1, 0.15) is 30.8 Å². The average Bonchev–Trinajstić information content (AvgIpc) is 3.11. The fourth-order valence-corrected chi connectivity index (χ4v) is 4.45. The van der Waals surface area contributed by atoms with Crippen LogP contribution in [-0.4, -0.2) is 26.0 Å². The fraction of sp³-hybridized carbons (Fsp3) is 0.250. The van der Waals surface area contributed by atoms with Crippen molar-refractivity contribution in [1.29, 1.82) is 0 Å². The molecule has 29 heavy (non-hydrogen) atoms. The summed E-state index contributed by atoms with van der Waals surface area (Å²) in [6.07, 6.45) is 1.68. The number of nitrogens with one attached hydrogen (secondary N) is 2. The van der Waals surface area contributed by atoms with Crippen LogP contribution in [0, 0.1) is 5.82 Å². The number of nitrogens with zero attached hydrogens (tertiary/aromatic N) is 3. The summed E-state index contributed by atoms with van der Waals surface area (Å²) in [5.41, 5.74) is 4.68. The zero-order chi connectivity index (χ0) is 20.4. The van der Waals surface area contributed by atoms with Gasteiger partial charge in [-0.25, -0.2) is 9.07 Å². The van der Waals surface area contributed by atoms with Gasteiger partial charge in [-0.1, -0.05) is 54.6 Å². The summed E-state index contributed by atoms with van der Waals surface area (Å²) >= 11 is 7.51. The lowest BCUT2D eigenvalue weighted by Gasteiger charge is -2.33. The van der Waals surface area contributed by atoms with Gasteiger partial charge >= 0.3 is 0 Å². The first kappa shape index (κ1) is 19.7. The van der Waals surface area contributed by atoms with Gasteiger partial charge in [0, 0.05) is 6.42 Å². The number of hydrogen-bond donors (Lipinski definition) is 2. The Kier molecular flexibility index (Phi) is 5.73. The number of amides is 1. The number of carbonyl (C=O) groups is 1. The molecule has 4 rings (SSSR count). The zero-order valence-electron chi connectivity index (χ0n) is 15.6. The Hall–Kier alpha value is -2.58. The quantitative estimate of drug-likeness (QED) is 0.625. The number of carbonyl (C=O) groups excluding carboxylic acids is 1. The molecule has 0 saturated heterocycles. The minimum Gasteiger partial charge on any atom is -0.324 e. The van der Waals surface area contributed by atoms with E-state index in [-0.39, 0.29) is 11.7 Å². The average molecular weight is 432 g/mol. The van der Waals surface area contributed by atoms with Crippen LogP contribution in [0.4, 0.5) is 10.1 Å². The van der Waals surface area contributed by atoms with Crippen molar-refractivity contribution < 1.29 is 9.18 Å². The Bertz CT molecular complexity index is 1030. The number of hydrogen-bond acceptors (Lipinski definition) is 5. The Morgan fingerprint density at radius 1 is 1.24 bits per heavy atom. The van der Waals surface area contributed by atoms with E-state index in [0.29, 0.717) is 15.9 Å². The minimum absolute atomic E-state index is 0.226. The molecule has 2 heterocycles. The predicted octanol–water partition coefficient (Wildman–Crippen LogP) is 4.42. The summed E-state index contributed by atoms with van der Waals surface area (Å²) in [7, 11) is 0. The first-order chi connectivity index (χ1) is 14.1. The minimum atomic E-state index is -0.553. The molecule has 150 valence electrons. The third kappa shape index (κ3) is 4.09. The molecular formula is C20H19ClFN5OS. The van der Waals surface area contributed by atoms with Gasteiger partial charge < -0.3 is 10.7 Å². The predicted molar refractivity (Wildman–Crippen MR) is 112 cm³/mol. The van der Waals surface area contributed by atoms with Crippen LogP contribution in [0.5, 0.6) is 0 Å². The maximum Gasteiger partial charge on any atom is 0.240 e. The van der Waals surface area contributed by atoms with E-state index in [9.17, 15) is 9.18 Å². The van der Waals surface area contributed by atoms with Crippen LogP contribution in [-0.2, 0) is 11.2 Å². The van der Waals surface area contributed by atoms with Crippen molar-refractivity contribution in [3.63, 3.8) is 0 Å². The van der Waals surface area contributed by atoms with Gasteiger partial charge in [0.2, 0.25) is 11.1 Å². The smallest absolute Gasteiger partial charge is 0.240 e. The molecule has 0 unspecified atom stereocenters. The largest absolute Gasteiger partial charge is 0.324 e. The molecular weight excluding hydrogens is 413 g/mol. The highest BCUT2D eigenvalue weighted by atomic mass is 35.5. The first-order valence-corrected chi connectivity index (χ1v) is 10.5. The molecule has 1 aromatic heterocycles. The lowest BCUT2D eigenvalue weighted by atomic mass is 10.0. The highest BCUT2D eigenvalue weighted by Gasteiger charge is 2.37. The van der Waals surface area contributed by atoms with E-state index < -0.39 is 11.3 Å². The molecule has 0 radical (unpaired) electrons. The van der Waals surface area contributed by atoms with Crippen molar-refractivity contribution in [3.8, 4) is 0 Å². The molecule has 1 aliphatic heterocycles. The van der Waals surface area contributed by atoms with Crippen LogP contribution in [0.2, 0.25) is 5.02 Å². The molecule has 0 spiro atoms. The van der Waals surface area contributed by atoms with E-state index in [1.54, 1.807) is 36.4 Å². The number of rotatable bonds is 5. The number of anilines is 1. The topological polar surface area (TPSA) is 71.8 Å². The van der Waals surface area contributed by atoms with Gasteiger partial charge in [-0.15, -0.1) is 10.2 Å². The number of halogens is 2. The molecule has 3 aromatic rings. The SMILES string of the molecule is CCCc1nnc2n1N[C@H](c1ccc(F)cc1)[C@H](C(=O)Nc1ccccc1Cl)S2. The Labute approximate surface area is 176 Å². The van der Waals surface area contributed by atoms with Gasteiger partial charge in [-0.2, -0.15) is 0 Å². The van der Waals surface area contributed by atoms with Gasteiger partial charge in [0.05, 0.1) is 16.8 Å². The molecule has 1 aliphatic rings. The van der Waals surface area contributed by atoms with E-state index in [2.05, 4.69) is 27.9 Å². The summed E-state index contributed by atoms with van der Waals surface area (Å²) in [6.45, 7) is 2.06. The lowest BCUT2D eigenvalue weighted by Crippen LogP contribution is -2.41. The summed E-state index contributed by atoms with van der Waals surface area (Å²) in [4.78, 5) is 13.2. The van der Waals surface area contributed by atoms with Crippen molar-refractivity contribution in [2.24, 2.45) is 0 Å². The van der Waals surface area contributed by atoms with Crippen LogP contribution in [0.15, 0.2) is 53.7 Å². The second-order valence-electron chi connectivity index (χ2n) is 6.65. The Balaban J connectivity index is 1.67. The molecule has 0 aliphatic carbocycles. The number of aromatic nitrogens is 3. The standard InChI is InChI=1S/C20H19ClFN5OS/c1-2-5-16-24-25-20-27(16)26-17(12-8-10-13(22)11-9-12)18(29-20)19(28)23-15-7-4-3-6-14(15)21/h3-4,6-11,17-18,26H,2,5H2,1H3,(H,23,28)/t17-,18-/m1/s1. The fourth-order valence-electron chi connectivity index (χ4n) is 3.17. The third-order valence-corrected chi connectivity index (χ3v) is 6.14. The maximum atomic E-state index is 13.5. The van der Waals surface area contributed by atoms with Crippen molar-refractivity contribution in [2.75, 3.05) is 10.7 Å². The zero-order valence-corrected chi connectivity index (χ0v) is 17.2. The van der Waals surface area contributed by atoms with Crippen LogP contribution in [0.3, 0.4) is 0 Å².